The van der Waals surface area contributed by atoms with Crippen LogP contribution in [0.1, 0.15) is 33.6 Å². The van der Waals surface area contributed by atoms with E-state index in [1.807, 2.05) is 0 Å². The molecule has 0 aromatic rings. The van der Waals surface area contributed by atoms with E-state index in [0.717, 1.165) is 0 Å². The summed E-state index contributed by atoms with van der Waals surface area (Å²) in [5, 5.41) is 3.80. The second-order valence-electron chi connectivity index (χ2n) is 5.27. The van der Waals surface area contributed by atoms with Crippen molar-refractivity contribution in [3.05, 3.63) is 46.8 Å². The Balaban J connectivity index is 2.25. The third-order valence-corrected chi connectivity index (χ3v) is 6.46. The fourth-order valence-electron chi connectivity index (χ4n) is 2.43. The van der Waals surface area contributed by atoms with E-state index >= 15 is 0 Å². The number of hydrogen-bond acceptors (Lipinski definition) is 0. The molecule has 0 unspecified atom stereocenters. The Morgan fingerprint density at radius 1 is 0.933 bits per heavy atom. The van der Waals surface area contributed by atoms with Crippen LogP contribution < -0.4 is 0 Å². The lowest BCUT2D eigenvalue weighted by Crippen LogP contribution is -2.30. The smallest absolute Gasteiger partial charge is 0.0809 e. The second kappa shape index (κ2) is 3.97. The minimum Gasteiger partial charge on any atom is -0.0809 e. The van der Waals surface area contributed by atoms with Crippen molar-refractivity contribution in [1.82, 2.24) is 0 Å². The molecule has 2 aliphatic rings. The van der Waals surface area contributed by atoms with Gasteiger partial charge in [0.25, 0.3) is 0 Å². The molecule has 1 heteroatoms. The highest BCUT2D eigenvalue weighted by atomic mass is 28.3. The van der Waals surface area contributed by atoms with Crippen LogP contribution in [0, 0.1) is 0 Å². The molecular formula is C14H19Si. The molecule has 0 aliphatic heterocycles. The van der Waals surface area contributed by atoms with Crippen LogP contribution in [0.15, 0.2) is 46.8 Å². The van der Waals surface area contributed by atoms with E-state index in [2.05, 4.69) is 57.2 Å². The molecule has 0 heterocycles. The van der Waals surface area contributed by atoms with E-state index in [1.165, 1.54) is 12.8 Å². The zero-order valence-electron chi connectivity index (χ0n) is 9.88. The fraction of sp³-hybridized carbons (Fsp3) is 0.429. The van der Waals surface area contributed by atoms with Crippen LogP contribution in [0.2, 0.25) is 5.04 Å². The predicted octanol–water partition coefficient (Wildman–Crippen LogP) is 4.13. The first-order valence-electron chi connectivity index (χ1n) is 5.68. The summed E-state index contributed by atoms with van der Waals surface area (Å²) in [5.74, 6) is 0. The average molecular weight is 215 g/mol. The lowest BCUT2D eigenvalue weighted by Gasteiger charge is -2.31. The molecule has 1 radical (unpaired) electrons. The highest BCUT2D eigenvalue weighted by Crippen LogP contribution is 2.39. The lowest BCUT2D eigenvalue weighted by atomic mass is 10.2. The van der Waals surface area contributed by atoms with Gasteiger partial charge in [-0.05, 0) is 17.9 Å². The first kappa shape index (κ1) is 10.7. The van der Waals surface area contributed by atoms with Gasteiger partial charge in [0.1, 0.15) is 8.80 Å². The molecule has 0 saturated carbocycles. The Hall–Kier alpha value is -0.823. The van der Waals surface area contributed by atoms with Gasteiger partial charge in [-0.25, -0.2) is 0 Å². The largest absolute Gasteiger partial charge is 0.117 e. The Morgan fingerprint density at radius 2 is 1.40 bits per heavy atom. The summed E-state index contributed by atoms with van der Waals surface area (Å²) in [5.41, 5.74) is 0. The number of allylic oxidation sites excluding steroid dienone is 8. The van der Waals surface area contributed by atoms with Gasteiger partial charge in [-0.2, -0.15) is 0 Å². The SMILES string of the molecule is CC(C)(C)[Si](C1=CC=CC1)C1=CC=CC1. The standard InChI is InChI=1S/C14H19Si/c1-14(2,3)15(12-8-4-5-9-12)13-10-6-7-11-13/h4-8,10H,9,11H2,1-3H3. The van der Waals surface area contributed by atoms with Gasteiger partial charge >= 0.3 is 0 Å². The van der Waals surface area contributed by atoms with Crippen LogP contribution in [0.25, 0.3) is 0 Å². The summed E-state index contributed by atoms with van der Waals surface area (Å²) in [6, 6.07) is 0. The summed E-state index contributed by atoms with van der Waals surface area (Å²) in [6.07, 6.45) is 16.1. The fourth-order valence-corrected chi connectivity index (χ4v) is 5.94. The quantitative estimate of drug-likeness (QED) is 0.608. The van der Waals surface area contributed by atoms with Gasteiger partial charge in [-0.1, -0.05) is 67.6 Å². The molecule has 0 nitrogen and oxygen atoms in total. The van der Waals surface area contributed by atoms with E-state index in [9.17, 15) is 0 Å². The maximum Gasteiger partial charge on any atom is 0.117 e. The van der Waals surface area contributed by atoms with E-state index in [0.29, 0.717) is 5.04 Å². The van der Waals surface area contributed by atoms with Gasteiger partial charge in [0, 0.05) is 0 Å². The van der Waals surface area contributed by atoms with E-state index < -0.39 is 8.80 Å². The molecule has 15 heavy (non-hydrogen) atoms. The van der Waals surface area contributed by atoms with Crippen molar-refractivity contribution >= 4 is 8.80 Å². The van der Waals surface area contributed by atoms with Gasteiger partial charge in [-0.3, -0.25) is 0 Å². The summed E-state index contributed by atoms with van der Waals surface area (Å²) in [4.78, 5) is 0. The molecule has 2 aliphatic carbocycles. The molecule has 2 rings (SSSR count). The van der Waals surface area contributed by atoms with Gasteiger partial charge in [0.05, 0.1) is 0 Å². The molecule has 0 atom stereocenters. The monoisotopic (exact) mass is 215 g/mol. The highest BCUT2D eigenvalue weighted by Gasteiger charge is 2.33. The van der Waals surface area contributed by atoms with Crippen molar-refractivity contribution in [2.24, 2.45) is 0 Å². The summed E-state index contributed by atoms with van der Waals surface area (Å²) in [7, 11) is -0.518. The Morgan fingerprint density at radius 3 is 1.67 bits per heavy atom. The maximum absolute atomic E-state index is 2.39. The second-order valence-corrected chi connectivity index (χ2v) is 8.81. The zero-order valence-corrected chi connectivity index (χ0v) is 10.9. The Bertz CT molecular complexity index is 331. The molecule has 0 aromatic carbocycles. The van der Waals surface area contributed by atoms with Crippen LogP contribution in [0.4, 0.5) is 0 Å². The maximum atomic E-state index is 2.39. The summed E-state index contributed by atoms with van der Waals surface area (Å²) < 4.78 is 0. The average Bonchev–Trinajstić information content (AvgIpc) is 2.73. The van der Waals surface area contributed by atoms with E-state index in [1.54, 1.807) is 10.4 Å². The summed E-state index contributed by atoms with van der Waals surface area (Å²) >= 11 is 0. The molecule has 0 saturated heterocycles. The first-order chi connectivity index (χ1) is 7.09. The Kier molecular flexibility index (Phi) is 2.83. The zero-order chi connectivity index (χ0) is 10.9. The van der Waals surface area contributed by atoms with Crippen LogP contribution in [-0.4, -0.2) is 8.80 Å². The third kappa shape index (κ3) is 2.23. The van der Waals surface area contributed by atoms with Crippen molar-refractivity contribution in [1.29, 1.82) is 0 Å². The first-order valence-corrected chi connectivity index (χ1v) is 7.18. The van der Waals surface area contributed by atoms with Crippen LogP contribution in [0.5, 0.6) is 0 Å². The van der Waals surface area contributed by atoms with Crippen molar-refractivity contribution in [3.8, 4) is 0 Å². The van der Waals surface area contributed by atoms with Crippen molar-refractivity contribution in [2.45, 2.75) is 38.7 Å². The van der Waals surface area contributed by atoms with Crippen molar-refractivity contribution in [2.75, 3.05) is 0 Å². The molecule has 79 valence electrons. The minimum absolute atomic E-state index is 0.431. The molecule has 0 fully saturated rings. The normalized spacial score (nSPS) is 20.0. The van der Waals surface area contributed by atoms with Gasteiger partial charge in [-0.15, -0.1) is 0 Å². The van der Waals surface area contributed by atoms with Crippen LogP contribution >= 0.6 is 0 Å². The molecule has 0 spiro atoms. The predicted molar refractivity (Wildman–Crippen MR) is 69.1 cm³/mol. The Labute approximate surface area is 94.7 Å². The van der Waals surface area contributed by atoms with E-state index in [4.69, 9.17) is 0 Å². The van der Waals surface area contributed by atoms with Gasteiger partial charge in [0.2, 0.25) is 0 Å². The van der Waals surface area contributed by atoms with Gasteiger partial charge in [0.15, 0.2) is 0 Å². The molecular weight excluding hydrogens is 196 g/mol. The molecule has 0 aromatic heterocycles. The number of hydrogen-bond donors (Lipinski definition) is 0. The third-order valence-electron chi connectivity index (χ3n) is 2.93. The lowest BCUT2D eigenvalue weighted by molar-refractivity contribution is 0.740. The highest BCUT2D eigenvalue weighted by molar-refractivity contribution is 6.76. The summed E-state index contributed by atoms with van der Waals surface area (Å²) in [6.45, 7) is 7.17. The van der Waals surface area contributed by atoms with Gasteiger partial charge < -0.3 is 0 Å². The molecule has 0 N–H and O–H groups in total. The topological polar surface area (TPSA) is 0 Å². The molecule has 0 bridgehead atoms. The van der Waals surface area contributed by atoms with Crippen molar-refractivity contribution in [3.63, 3.8) is 0 Å². The van der Waals surface area contributed by atoms with Crippen LogP contribution in [0.3, 0.4) is 0 Å². The van der Waals surface area contributed by atoms with Crippen LogP contribution in [-0.2, 0) is 0 Å². The minimum atomic E-state index is -0.518. The number of rotatable bonds is 2. The van der Waals surface area contributed by atoms with E-state index in [-0.39, 0.29) is 0 Å². The van der Waals surface area contributed by atoms with Crippen molar-refractivity contribution < 1.29 is 0 Å². The molecule has 0 amide bonds.